The summed E-state index contributed by atoms with van der Waals surface area (Å²) < 4.78 is 3.83. The van der Waals surface area contributed by atoms with Crippen LogP contribution < -0.4 is 5.32 Å². The fourth-order valence-electron chi connectivity index (χ4n) is 2.16. The molecule has 0 bridgehead atoms. The molecule has 0 fully saturated rings. The third-order valence-electron chi connectivity index (χ3n) is 3.22. The highest BCUT2D eigenvalue weighted by Crippen LogP contribution is 2.41. The van der Waals surface area contributed by atoms with Gasteiger partial charge in [-0.3, -0.25) is 0 Å². The number of nitrogens with zero attached hydrogens (tertiary/aromatic N) is 1. The Hall–Kier alpha value is -0.690. The number of aromatic amines is 1. The van der Waals surface area contributed by atoms with Crippen LogP contribution in [0.15, 0.2) is 21.4 Å². The normalized spacial score (nSPS) is 13.2. The standard InChI is InChI=1S/C13H14BrN3S2/c1-3-9(15-2)13-16-4-10(17-13)7-5-18-12-8(14)6-19-11(7)12/h4-6,9,15H,3H2,1-2H3,(H,16,17). The summed E-state index contributed by atoms with van der Waals surface area (Å²) in [4.78, 5) is 7.95. The third kappa shape index (κ3) is 2.27. The van der Waals surface area contributed by atoms with Gasteiger partial charge in [0.2, 0.25) is 0 Å². The van der Waals surface area contributed by atoms with Crippen molar-refractivity contribution in [2.45, 2.75) is 19.4 Å². The lowest BCUT2D eigenvalue weighted by Gasteiger charge is -2.09. The molecule has 6 heteroatoms. The molecule has 0 radical (unpaired) electrons. The van der Waals surface area contributed by atoms with Crippen LogP contribution in [0.3, 0.4) is 0 Å². The van der Waals surface area contributed by atoms with Crippen LogP contribution in [0.1, 0.15) is 25.2 Å². The molecule has 0 saturated heterocycles. The van der Waals surface area contributed by atoms with Crippen molar-refractivity contribution in [3.05, 3.63) is 27.3 Å². The molecule has 3 rings (SSSR count). The Morgan fingerprint density at radius 1 is 1.37 bits per heavy atom. The molecule has 2 N–H and O–H groups in total. The summed E-state index contributed by atoms with van der Waals surface area (Å²) in [5.41, 5.74) is 2.35. The summed E-state index contributed by atoms with van der Waals surface area (Å²) >= 11 is 7.13. The first-order chi connectivity index (χ1) is 9.24. The molecule has 3 aromatic heterocycles. The van der Waals surface area contributed by atoms with Gasteiger partial charge in [-0.05, 0) is 29.4 Å². The van der Waals surface area contributed by atoms with E-state index >= 15 is 0 Å². The fraction of sp³-hybridized carbons (Fsp3) is 0.308. The van der Waals surface area contributed by atoms with Crippen molar-refractivity contribution in [3.8, 4) is 11.3 Å². The van der Waals surface area contributed by atoms with Crippen molar-refractivity contribution in [1.82, 2.24) is 15.3 Å². The van der Waals surface area contributed by atoms with E-state index in [4.69, 9.17) is 0 Å². The number of hydrogen-bond donors (Lipinski definition) is 2. The molecule has 0 aliphatic rings. The van der Waals surface area contributed by atoms with Crippen LogP contribution in [0.2, 0.25) is 0 Å². The van der Waals surface area contributed by atoms with Crippen LogP contribution in [-0.4, -0.2) is 17.0 Å². The highest BCUT2D eigenvalue weighted by Gasteiger charge is 2.15. The first-order valence-electron chi connectivity index (χ1n) is 6.11. The number of thiophene rings is 2. The van der Waals surface area contributed by atoms with Crippen molar-refractivity contribution in [2.24, 2.45) is 0 Å². The molecule has 0 aromatic carbocycles. The maximum Gasteiger partial charge on any atom is 0.123 e. The predicted molar refractivity (Wildman–Crippen MR) is 87.1 cm³/mol. The number of fused-ring (bicyclic) bond motifs is 1. The van der Waals surface area contributed by atoms with E-state index in [-0.39, 0.29) is 6.04 Å². The Morgan fingerprint density at radius 2 is 2.16 bits per heavy atom. The minimum atomic E-state index is 0.290. The molecule has 3 heterocycles. The molecular weight excluding hydrogens is 342 g/mol. The van der Waals surface area contributed by atoms with Gasteiger partial charge in [-0.15, -0.1) is 22.7 Å². The Balaban J connectivity index is 2.02. The van der Waals surface area contributed by atoms with Crippen molar-refractivity contribution < 1.29 is 0 Å². The molecule has 0 aliphatic heterocycles. The van der Waals surface area contributed by atoms with Gasteiger partial charge in [0.15, 0.2) is 0 Å². The minimum absolute atomic E-state index is 0.290. The second-order valence-corrected chi connectivity index (χ2v) is 6.94. The van der Waals surface area contributed by atoms with E-state index in [1.54, 1.807) is 22.7 Å². The van der Waals surface area contributed by atoms with E-state index in [1.807, 2.05) is 13.2 Å². The summed E-state index contributed by atoms with van der Waals surface area (Å²) in [6.07, 6.45) is 2.96. The van der Waals surface area contributed by atoms with Gasteiger partial charge in [0.1, 0.15) is 5.82 Å². The number of H-pyrrole nitrogens is 1. The summed E-state index contributed by atoms with van der Waals surface area (Å²) in [7, 11) is 1.97. The van der Waals surface area contributed by atoms with E-state index in [0.717, 1.165) is 17.9 Å². The number of hydrogen-bond acceptors (Lipinski definition) is 4. The number of rotatable bonds is 4. The van der Waals surface area contributed by atoms with Crippen molar-refractivity contribution >= 4 is 48.0 Å². The van der Waals surface area contributed by atoms with Gasteiger partial charge < -0.3 is 10.3 Å². The predicted octanol–water partition coefficient (Wildman–Crippen LogP) is 4.79. The highest BCUT2D eigenvalue weighted by molar-refractivity contribution is 9.10. The molecule has 3 nitrogen and oxygen atoms in total. The largest absolute Gasteiger partial charge is 0.341 e. The zero-order valence-corrected chi connectivity index (χ0v) is 13.9. The van der Waals surface area contributed by atoms with Crippen LogP contribution in [0.4, 0.5) is 0 Å². The van der Waals surface area contributed by atoms with Gasteiger partial charge in [-0.25, -0.2) is 4.98 Å². The number of aromatic nitrogens is 2. The lowest BCUT2D eigenvalue weighted by Crippen LogP contribution is -2.16. The zero-order valence-electron chi connectivity index (χ0n) is 10.7. The number of halogens is 1. The van der Waals surface area contributed by atoms with Crippen molar-refractivity contribution in [1.29, 1.82) is 0 Å². The third-order valence-corrected chi connectivity index (χ3v) is 6.56. The molecule has 1 unspecified atom stereocenters. The molecule has 0 spiro atoms. The fourth-order valence-corrected chi connectivity index (χ4v) is 5.21. The molecule has 0 saturated carbocycles. The lowest BCUT2D eigenvalue weighted by molar-refractivity contribution is 0.550. The van der Waals surface area contributed by atoms with E-state index in [2.05, 4.69) is 48.9 Å². The van der Waals surface area contributed by atoms with Crippen LogP contribution >= 0.6 is 38.6 Å². The molecule has 0 aliphatic carbocycles. The lowest BCUT2D eigenvalue weighted by atomic mass is 10.2. The summed E-state index contributed by atoms with van der Waals surface area (Å²) in [6.45, 7) is 2.16. The maximum atomic E-state index is 4.51. The van der Waals surface area contributed by atoms with Crippen LogP contribution in [0.5, 0.6) is 0 Å². The van der Waals surface area contributed by atoms with E-state index in [9.17, 15) is 0 Å². The molecule has 0 amide bonds. The van der Waals surface area contributed by atoms with Gasteiger partial charge >= 0.3 is 0 Å². The SMILES string of the molecule is CCC(NC)c1ncc(-c2csc3c(Br)csc23)[nH]1. The van der Waals surface area contributed by atoms with E-state index in [0.29, 0.717) is 0 Å². The maximum absolute atomic E-state index is 4.51. The van der Waals surface area contributed by atoms with E-state index in [1.165, 1.54) is 19.4 Å². The first kappa shape index (κ1) is 13.3. The molecule has 3 aromatic rings. The van der Waals surface area contributed by atoms with Gasteiger partial charge in [-0.1, -0.05) is 6.92 Å². The summed E-state index contributed by atoms with van der Waals surface area (Å²) in [6, 6.07) is 0.290. The Bertz CT molecular complexity index is 694. The highest BCUT2D eigenvalue weighted by atomic mass is 79.9. The molecule has 1 atom stereocenters. The van der Waals surface area contributed by atoms with Gasteiger partial charge in [0.25, 0.3) is 0 Å². The first-order valence-corrected chi connectivity index (χ1v) is 8.66. The smallest absolute Gasteiger partial charge is 0.123 e. The van der Waals surface area contributed by atoms with Gasteiger partial charge in [0, 0.05) is 20.8 Å². The van der Waals surface area contributed by atoms with Crippen LogP contribution in [-0.2, 0) is 0 Å². The van der Waals surface area contributed by atoms with E-state index < -0.39 is 0 Å². The Labute approximate surface area is 128 Å². The zero-order chi connectivity index (χ0) is 13.4. The molecular formula is C13H14BrN3S2. The minimum Gasteiger partial charge on any atom is -0.341 e. The number of imidazole rings is 1. The van der Waals surface area contributed by atoms with Gasteiger partial charge in [0.05, 0.1) is 27.3 Å². The average molecular weight is 356 g/mol. The molecule has 19 heavy (non-hydrogen) atoms. The van der Waals surface area contributed by atoms with Crippen molar-refractivity contribution in [3.63, 3.8) is 0 Å². The Kier molecular flexibility index (Phi) is 3.75. The monoisotopic (exact) mass is 355 g/mol. The molecule has 100 valence electrons. The number of nitrogens with one attached hydrogen (secondary N) is 2. The average Bonchev–Trinajstić information content (AvgIpc) is 3.09. The summed E-state index contributed by atoms with van der Waals surface area (Å²) in [5, 5.41) is 7.61. The Morgan fingerprint density at radius 3 is 2.89 bits per heavy atom. The van der Waals surface area contributed by atoms with Gasteiger partial charge in [-0.2, -0.15) is 0 Å². The van der Waals surface area contributed by atoms with Crippen LogP contribution in [0.25, 0.3) is 20.7 Å². The summed E-state index contributed by atoms with van der Waals surface area (Å²) in [5.74, 6) is 1.01. The quantitative estimate of drug-likeness (QED) is 0.706. The van der Waals surface area contributed by atoms with Crippen LogP contribution in [0, 0.1) is 0 Å². The van der Waals surface area contributed by atoms with Crippen molar-refractivity contribution in [2.75, 3.05) is 7.05 Å². The second kappa shape index (κ2) is 5.36. The topological polar surface area (TPSA) is 40.7 Å². The second-order valence-electron chi connectivity index (χ2n) is 4.32.